The summed E-state index contributed by atoms with van der Waals surface area (Å²) in [4.78, 5) is 0. The Morgan fingerprint density at radius 3 is 3.12 bits per heavy atom. The van der Waals surface area contributed by atoms with E-state index in [9.17, 15) is 0 Å². The second kappa shape index (κ2) is 5.05. The molecule has 84 valence electrons. The lowest BCUT2D eigenvalue weighted by atomic mass is 10.0. The molecule has 0 aliphatic carbocycles. The topological polar surface area (TPSA) is 21.3 Å². The minimum absolute atomic E-state index is 0.174. The van der Waals surface area contributed by atoms with Gasteiger partial charge in [-0.3, -0.25) is 0 Å². The number of hydrogen-bond acceptors (Lipinski definition) is 2. The lowest BCUT2D eigenvalue weighted by Gasteiger charge is -2.14. The van der Waals surface area contributed by atoms with Gasteiger partial charge in [-0.1, -0.05) is 31.0 Å². The first-order valence-electron chi connectivity index (χ1n) is 5.76. The van der Waals surface area contributed by atoms with Crippen molar-refractivity contribution in [3.8, 4) is 18.1 Å². The maximum absolute atomic E-state index is 5.62. The molecule has 0 bridgehead atoms. The highest BCUT2D eigenvalue weighted by atomic mass is 16.5. The summed E-state index contributed by atoms with van der Waals surface area (Å²) >= 11 is 0. The molecule has 16 heavy (non-hydrogen) atoms. The Hall–Kier alpha value is -1.46. The molecule has 1 N–H and O–H groups in total. The molecule has 0 aromatic heterocycles. The van der Waals surface area contributed by atoms with Crippen molar-refractivity contribution in [3.05, 3.63) is 29.8 Å². The molecule has 0 amide bonds. The minimum atomic E-state index is 0.174. The Labute approximate surface area is 97.0 Å². The zero-order chi connectivity index (χ0) is 11.4. The summed E-state index contributed by atoms with van der Waals surface area (Å²) in [6, 6.07) is 8.39. The van der Waals surface area contributed by atoms with Crippen LogP contribution >= 0.6 is 0 Å². The van der Waals surface area contributed by atoms with Crippen LogP contribution < -0.4 is 10.1 Å². The molecule has 0 saturated carbocycles. The smallest absolute Gasteiger partial charge is 0.122 e. The molecule has 0 saturated heterocycles. The Balaban J connectivity index is 1.96. The van der Waals surface area contributed by atoms with Crippen LogP contribution in [0.15, 0.2) is 24.3 Å². The lowest BCUT2D eigenvalue weighted by molar-refractivity contribution is 0.324. The highest BCUT2D eigenvalue weighted by molar-refractivity contribution is 5.39. The Morgan fingerprint density at radius 2 is 2.38 bits per heavy atom. The molecule has 1 heterocycles. The number of para-hydroxylation sites is 1. The summed E-state index contributed by atoms with van der Waals surface area (Å²) in [6.07, 6.45) is 6.38. The third-order valence-electron chi connectivity index (χ3n) is 3.02. The summed E-state index contributed by atoms with van der Waals surface area (Å²) in [5.41, 5.74) is 1.29. The van der Waals surface area contributed by atoms with E-state index < -0.39 is 0 Å². The first-order chi connectivity index (χ1) is 7.85. The fraction of sp³-hybridized carbons (Fsp3) is 0.429. The van der Waals surface area contributed by atoms with E-state index >= 15 is 0 Å². The summed E-state index contributed by atoms with van der Waals surface area (Å²) in [7, 11) is 0. The van der Waals surface area contributed by atoms with Gasteiger partial charge in [0.05, 0.1) is 12.6 Å². The van der Waals surface area contributed by atoms with E-state index in [0.29, 0.717) is 5.92 Å². The Morgan fingerprint density at radius 1 is 1.56 bits per heavy atom. The number of ether oxygens (including phenoxy) is 1. The lowest BCUT2D eigenvalue weighted by Crippen LogP contribution is -2.31. The van der Waals surface area contributed by atoms with Crippen molar-refractivity contribution < 1.29 is 4.74 Å². The second-order valence-electron chi connectivity index (χ2n) is 4.08. The van der Waals surface area contributed by atoms with Crippen molar-refractivity contribution in [2.24, 2.45) is 0 Å². The Kier molecular flexibility index (Phi) is 3.48. The molecule has 2 heteroatoms. The SMILES string of the molecule is C#CC(CC)NCC1COc2ccccc21. The van der Waals surface area contributed by atoms with Gasteiger partial charge in [0.1, 0.15) is 5.75 Å². The molecule has 2 rings (SSSR count). The van der Waals surface area contributed by atoms with E-state index in [1.54, 1.807) is 0 Å². The van der Waals surface area contributed by atoms with E-state index in [1.165, 1.54) is 5.56 Å². The van der Waals surface area contributed by atoms with Crippen LogP contribution in [0.1, 0.15) is 24.8 Å². The molecular weight excluding hydrogens is 198 g/mol. The van der Waals surface area contributed by atoms with Crippen LogP contribution in [0.5, 0.6) is 5.75 Å². The van der Waals surface area contributed by atoms with Crippen molar-refractivity contribution in [2.75, 3.05) is 13.2 Å². The molecule has 0 spiro atoms. The number of benzene rings is 1. The normalized spacial score (nSPS) is 19.6. The van der Waals surface area contributed by atoms with E-state index in [1.807, 2.05) is 12.1 Å². The summed E-state index contributed by atoms with van der Waals surface area (Å²) in [6.45, 7) is 3.74. The second-order valence-corrected chi connectivity index (χ2v) is 4.08. The van der Waals surface area contributed by atoms with Gasteiger partial charge < -0.3 is 10.1 Å². The number of nitrogens with one attached hydrogen (secondary N) is 1. The van der Waals surface area contributed by atoms with Gasteiger partial charge in [0.2, 0.25) is 0 Å². The quantitative estimate of drug-likeness (QED) is 0.777. The van der Waals surface area contributed by atoms with Gasteiger partial charge in [-0.25, -0.2) is 0 Å². The Bertz CT molecular complexity index is 394. The van der Waals surface area contributed by atoms with E-state index in [2.05, 4.69) is 30.3 Å². The van der Waals surface area contributed by atoms with Crippen LogP contribution in [-0.2, 0) is 0 Å². The first-order valence-corrected chi connectivity index (χ1v) is 5.76. The number of fused-ring (bicyclic) bond motifs is 1. The zero-order valence-corrected chi connectivity index (χ0v) is 9.57. The van der Waals surface area contributed by atoms with Gasteiger partial charge in [-0.2, -0.15) is 0 Å². The molecule has 1 aliphatic heterocycles. The summed E-state index contributed by atoms with van der Waals surface area (Å²) in [5.74, 6) is 4.19. The molecule has 2 nitrogen and oxygen atoms in total. The van der Waals surface area contributed by atoms with Crippen LogP contribution in [0.2, 0.25) is 0 Å². The average Bonchev–Trinajstić information content (AvgIpc) is 2.74. The van der Waals surface area contributed by atoms with E-state index in [0.717, 1.165) is 25.3 Å². The van der Waals surface area contributed by atoms with Gasteiger partial charge >= 0.3 is 0 Å². The standard InChI is InChI=1S/C14H17NO/c1-3-12(4-2)15-9-11-10-16-14-8-6-5-7-13(11)14/h1,5-8,11-12,15H,4,9-10H2,2H3. The van der Waals surface area contributed by atoms with Gasteiger partial charge in [0.15, 0.2) is 0 Å². The monoisotopic (exact) mass is 215 g/mol. The van der Waals surface area contributed by atoms with Crippen LogP contribution in [0.25, 0.3) is 0 Å². The van der Waals surface area contributed by atoms with Crippen molar-refractivity contribution in [1.29, 1.82) is 0 Å². The largest absolute Gasteiger partial charge is 0.493 e. The molecular formula is C14H17NO. The molecule has 1 aromatic rings. The predicted molar refractivity (Wildman–Crippen MR) is 65.6 cm³/mol. The molecule has 0 radical (unpaired) electrons. The number of rotatable bonds is 4. The van der Waals surface area contributed by atoms with Gasteiger partial charge in [0.25, 0.3) is 0 Å². The van der Waals surface area contributed by atoms with Crippen molar-refractivity contribution in [3.63, 3.8) is 0 Å². The van der Waals surface area contributed by atoms with Gasteiger partial charge in [-0.05, 0) is 12.5 Å². The van der Waals surface area contributed by atoms with Crippen molar-refractivity contribution in [1.82, 2.24) is 5.32 Å². The third-order valence-corrected chi connectivity index (χ3v) is 3.02. The third kappa shape index (κ3) is 2.20. The fourth-order valence-electron chi connectivity index (χ4n) is 2.00. The number of terminal acetylenes is 1. The maximum atomic E-state index is 5.62. The molecule has 2 unspecified atom stereocenters. The fourth-order valence-corrected chi connectivity index (χ4v) is 2.00. The van der Waals surface area contributed by atoms with Crippen LogP contribution in [0.3, 0.4) is 0 Å². The van der Waals surface area contributed by atoms with Gasteiger partial charge in [0, 0.05) is 18.0 Å². The van der Waals surface area contributed by atoms with Crippen molar-refractivity contribution >= 4 is 0 Å². The molecule has 2 atom stereocenters. The van der Waals surface area contributed by atoms with Crippen LogP contribution in [0.4, 0.5) is 0 Å². The van der Waals surface area contributed by atoms with Crippen molar-refractivity contribution in [2.45, 2.75) is 25.3 Å². The molecule has 0 fully saturated rings. The van der Waals surface area contributed by atoms with Crippen LogP contribution in [0, 0.1) is 12.3 Å². The van der Waals surface area contributed by atoms with E-state index in [4.69, 9.17) is 11.2 Å². The molecule has 1 aliphatic rings. The predicted octanol–water partition coefficient (Wildman–Crippen LogP) is 2.16. The van der Waals surface area contributed by atoms with Gasteiger partial charge in [-0.15, -0.1) is 6.42 Å². The molecule has 1 aromatic carbocycles. The van der Waals surface area contributed by atoms with Crippen LogP contribution in [-0.4, -0.2) is 19.2 Å². The van der Waals surface area contributed by atoms with E-state index in [-0.39, 0.29) is 6.04 Å². The average molecular weight is 215 g/mol. The highest BCUT2D eigenvalue weighted by Gasteiger charge is 2.23. The summed E-state index contributed by atoms with van der Waals surface area (Å²) in [5, 5.41) is 3.39. The number of hydrogen-bond donors (Lipinski definition) is 1. The zero-order valence-electron chi connectivity index (χ0n) is 9.57. The maximum Gasteiger partial charge on any atom is 0.122 e. The minimum Gasteiger partial charge on any atom is -0.493 e. The highest BCUT2D eigenvalue weighted by Crippen LogP contribution is 2.32. The first kappa shape index (κ1) is 11.0. The summed E-state index contributed by atoms with van der Waals surface area (Å²) < 4.78 is 5.62.